The second-order valence-electron chi connectivity index (χ2n) is 6.18. The number of nitrogens with zero attached hydrogens (tertiary/aromatic N) is 3. The van der Waals surface area contributed by atoms with E-state index in [1.807, 2.05) is 6.92 Å². The molecule has 0 amide bonds. The van der Waals surface area contributed by atoms with Crippen molar-refractivity contribution in [1.82, 2.24) is 13.9 Å². The van der Waals surface area contributed by atoms with Crippen LogP contribution in [0.5, 0.6) is 5.75 Å². The molecule has 0 aliphatic rings. The van der Waals surface area contributed by atoms with Gasteiger partial charge in [-0.25, -0.2) is 4.98 Å². The summed E-state index contributed by atoms with van der Waals surface area (Å²) in [4.78, 5) is 8.63. The Hall–Kier alpha value is -1.30. The number of rotatable bonds is 7. The first kappa shape index (κ1) is 25.0. The Kier molecular flexibility index (Phi) is 8.60. The van der Waals surface area contributed by atoms with Crippen molar-refractivity contribution in [2.75, 3.05) is 26.1 Å². The van der Waals surface area contributed by atoms with E-state index in [1.165, 1.54) is 22.5 Å². The first-order valence-corrected chi connectivity index (χ1v) is 10.4. The van der Waals surface area contributed by atoms with E-state index >= 15 is 0 Å². The van der Waals surface area contributed by atoms with Crippen LogP contribution in [-0.2, 0) is 22.3 Å². The number of hydrogen-bond donors (Lipinski definition) is 0. The van der Waals surface area contributed by atoms with Gasteiger partial charge in [0, 0.05) is 47.9 Å². The number of pyridine rings is 1. The number of alkyl halides is 3. The topological polar surface area (TPSA) is 72.2 Å². The van der Waals surface area contributed by atoms with Gasteiger partial charge in [0.05, 0.1) is 29.0 Å². The van der Waals surface area contributed by atoms with Gasteiger partial charge in [-0.2, -0.15) is 13.2 Å². The van der Waals surface area contributed by atoms with Crippen molar-refractivity contribution in [3.05, 3.63) is 41.6 Å². The monoisotopic (exact) mass is 450 g/mol. The smallest absolute Gasteiger partial charge is 0.416 e. The Morgan fingerprint density at radius 1 is 1.20 bits per heavy atom. The molecule has 6 nitrogen and oxygen atoms in total. The molecule has 0 fully saturated rings. The van der Waals surface area contributed by atoms with Gasteiger partial charge in [-0.1, -0.05) is 0 Å². The predicted octanol–water partition coefficient (Wildman–Crippen LogP) is 3.60. The van der Waals surface area contributed by atoms with E-state index in [0.29, 0.717) is 42.3 Å². The van der Waals surface area contributed by atoms with Gasteiger partial charge in [0.2, 0.25) is 5.82 Å². The van der Waals surface area contributed by atoms with Crippen LogP contribution in [0.15, 0.2) is 30.5 Å². The van der Waals surface area contributed by atoms with Gasteiger partial charge in [-0.05, 0) is 38.1 Å². The quantitative estimate of drug-likeness (QED) is 0.313. The number of aromatic nitrogens is 3. The van der Waals surface area contributed by atoms with Crippen LogP contribution in [-0.4, -0.2) is 74.1 Å². The molecule has 3 rings (SSSR count). The van der Waals surface area contributed by atoms with Crippen LogP contribution >= 0.6 is 0 Å². The molecular formula is C19H20F3N3NaO3S. The van der Waals surface area contributed by atoms with Crippen molar-refractivity contribution in [2.24, 2.45) is 0 Å². The number of imidazole rings is 1. The third-order valence-electron chi connectivity index (χ3n) is 4.25. The third kappa shape index (κ3) is 5.30. The molecule has 0 saturated heterocycles. The number of fused-ring (bicyclic) bond motifs is 1. The summed E-state index contributed by atoms with van der Waals surface area (Å²) in [5.74, 6) is 0.763. The molecule has 0 aliphatic heterocycles. The van der Waals surface area contributed by atoms with Crippen LogP contribution in [0.2, 0.25) is 0 Å². The van der Waals surface area contributed by atoms with Crippen LogP contribution in [0.3, 0.4) is 0 Å². The molecule has 1 radical (unpaired) electrons. The van der Waals surface area contributed by atoms with Crippen LogP contribution in [0.25, 0.3) is 22.6 Å². The maximum Gasteiger partial charge on any atom is 0.416 e. The van der Waals surface area contributed by atoms with Gasteiger partial charge in [0.15, 0.2) is 0 Å². The van der Waals surface area contributed by atoms with Crippen LogP contribution < -0.4 is 4.74 Å². The van der Waals surface area contributed by atoms with Crippen molar-refractivity contribution in [1.29, 1.82) is 0 Å². The Morgan fingerprint density at radius 2 is 1.93 bits per heavy atom. The van der Waals surface area contributed by atoms with Crippen LogP contribution in [0.4, 0.5) is 13.2 Å². The third-order valence-corrected chi connectivity index (χ3v) is 5.14. The van der Waals surface area contributed by atoms with Gasteiger partial charge in [0.1, 0.15) is 29.8 Å². The minimum Gasteiger partial charge on any atom is -0.593 e. The summed E-state index contributed by atoms with van der Waals surface area (Å²) in [6, 6.07) is 4.85. The van der Waals surface area contributed by atoms with E-state index in [9.17, 15) is 17.7 Å². The summed E-state index contributed by atoms with van der Waals surface area (Å²) >= 11 is -1.56. The maximum absolute atomic E-state index is 13.1. The van der Waals surface area contributed by atoms with Gasteiger partial charge in [0.25, 0.3) is 0 Å². The van der Waals surface area contributed by atoms with Gasteiger partial charge in [-0.3, -0.25) is 4.98 Å². The zero-order valence-electron chi connectivity index (χ0n) is 17.1. The minimum absolute atomic E-state index is 0. The zero-order chi connectivity index (χ0) is 21.2. The summed E-state index contributed by atoms with van der Waals surface area (Å²) in [5.41, 5.74) is 0.633. The first-order chi connectivity index (χ1) is 13.7. The van der Waals surface area contributed by atoms with E-state index in [1.54, 1.807) is 13.0 Å². The van der Waals surface area contributed by atoms with Crippen molar-refractivity contribution >= 4 is 52.0 Å². The molecule has 1 unspecified atom stereocenters. The minimum atomic E-state index is -4.49. The Morgan fingerprint density at radius 3 is 2.57 bits per heavy atom. The number of hydrogen-bond acceptors (Lipinski definition) is 5. The van der Waals surface area contributed by atoms with E-state index in [0.717, 1.165) is 12.1 Å². The molecule has 2 heterocycles. The largest absolute Gasteiger partial charge is 0.593 e. The molecule has 157 valence electrons. The van der Waals surface area contributed by atoms with Crippen molar-refractivity contribution in [2.45, 2.75) is 20.0 Å². The normalized spacial score (nSPS) is 12.6. The number of halogens is 3. The van der Waals surface area contributed by atoms with Crippen LogP contribution in [0, 0.1) is 6.92 Å². The average molecular weight is 450 g/mol. The molecule has 0 bridgehead atoms. The van der Waals surface area contributed by atoms with E-state index in [2.05, 4.69) is 9.97 Å². The Balaban J connectivity index is 0.00000320. The van der Waals surface area contributed by atoms with Gasteiger partial charge < -0.3 is 14.0 Å². The Labute approximate surface area is 197 Å². The Bertz CT molecular complexity index is 1010. The fourth-order valence-electron chi connectivity index (χ4n) is 2.90. The molecule has 2 aromatic heterocycles. The number of benzene rings is 1. The summed E-state index contributed by atoms with van der Waals surface area (Å²) in [6.07, 6.45) is -1.55. The molecule has 1 aromatic carbocycles. The molecule has 1 atom stereocenters. The van der Waals surface area contributed by atoms with Gasteiger partial charge in [-0.15, -0.1) is 3.97 Å². The molecule has 11 heteroatoms. The van der Waals surface area contributed by atoms with Crippen LogP contribution in [0.1, 0.15) is 18.1 Å². The second-order valence-corrected chi connectivity index (χ2v) is 7.40. The van der Waals surface area contributed by atoms with Crippen molar-refractivity contribution in [3.63, 3.8) is 0 Å². The summed E-state index contributed by atoms with van der Waals surface area (Å²) < 4.78 is 63.9. The molecule has 0 saturated carbocycles. The van der Waals surface area contributed by atoms with Gasteiger partial charge >= 0.3 is 6.18 Å². The molecular weight excluding hydrogens is 430 g/mol. The fraction of sp³-hybridized carbons (Fsp3) is 0.368. The predicted molar refractivity (Wildman–Crippen MR) is 110 cm³/mol. The summed E-state index contributed by atoms with van der Waals surface area (Å²) in [7, 11) is 0. The molecule has 3 aromatic rings. The molecule has 30 heavy (non-hydrogen) atoms. The van der Waals surface area contributed by atoms with E-state index < -0.39 is 23.1 Å². The molecule has 0 N–H and O–H groups in total. The van der Waals surface area contributed by atoms with E-state index in [4.69, 9.17) is 9.47 Å². The summed E-state index contributed by atoms with van der Waals surface area (Å²) in [6.45, 7) is 4.99. The maximum atomic E-state index is 13.1. The van der Waals surface area contributed by atoms with Crippen molar-refractivity contribution < 1.29 is 27.2 Å². The molecule has 0 spiro atoms. The summed E-state index contributed by atoms with van der Waals surface area (Å²) in [5, 5.41) is 0. The van der Waals surface area contributed by atoms with E-state index in [-0.39, 0.29) is 40.9 Å². The standard InChI is InChI=1S/C19H20F3N3O3S.Na/c1-4-27-9-10-28-16-7-8-23-17(12(16)2)18-24-14-11-13(19(20,21)22)5-6-15(14)25(18)29(3)26;/h5-8,11H,4,9-10H2,1-3H3;. The first-order valence-electron chi connectivity index (χ1n) is 8.84. The fourth-order valence-corrected chi connectivity index (χ4v) is 3.70. The zero-order valence-corrected chi connectivity index (χ0v) is 19.9. The second kappa shape index (κ2) is 10.3. The molecule has 0 aliphatic carbocycles. The van der Waals surface area contributed by atoms with Crippen molar-refractivity contribution in [3.8, 4) is 17.3 Å². The SMILES string of the molecule is CCOCCOc1ccnc(-c2nc3cc(C(F)(F)F)ccc3n2[S+](C)[O-])c1C.[Na]. The number of ether oxygens (including phenoxy) is 2. The average Bonchev–Trinajstić information content (AvgIpc) is 3.04.